The molecule has 0 saturated carbocycles. The van der Waals surface area contributed by atoms with Crippen molar-refractivity contribution < 1.29 is 9.59 Å². The van der Waals surface area contributed by atoms with Crippen LogP contribution in [0.4, 0.5) is 5.69 Å². The quantitative estimate of drug-likeness (QED) is 0.366. The van der Waals surface area contributed by atoms with E-state index in [9.17, 15) is 9.59 Å². The summed E-state index contributed by atoms with van der Waals surface area (Å²) in [4.78, 5) is 30.4. The third-order valence-corrected chi connectivity index (χ3v) is 8.27. The number of halogens is 1. The van der Waals surface area contributed by atoms with Crippen LogP contribution in [0.1, 0.15) is 61.4 Å². The molecule has 8 heteroatoms. The SMILES string of the molecule is CCCCCNC(=O)CN(CC(=O)N(C)C1Cc2ccccc2C1)c1cc2nn3c(c2cc1C)CCCC3.Cl. The smallest absolute Gasteiger partial charge is 0.242 e. The van der Waals surface area contributed by atoms with Crippen LogP contribution >= 0.6 is 12.4 Å². The monoisotopic (exact) mass is 551 g/mol. The highest BCUT2D eigenvalue weighted by molar-refractivity contribution is 5.91. The number of amides is 2. The summed E-state index contributed by atoms with van der Waals surface area (Å²) >= 11 is 0. The van der Waals surface area contributed by atoms with Gasteiger partial charge in [0.15, 0.2) is 0 Å². The Morgan fingerprint density at radius 2 is 1.82 bits per heavy atom. The summed E-state index contributed by atoms with van der Waals surface area (Å²) in [6.45, 7) is 6.16. The van der Waals surface area contributed by atoms with E-state index >= 15 is 0 Å². The molecule has 0 radical (unpaired) electrons. The molecule has 0 atom stereocenters. The Bertz CT molecular complexity index is 1290. The molecule has 2 aliphatic rings. The fourth-order valence-corrected chi connectivity index (χ4v) is 6.02. The van der Waals surface area contributed by atoms with Crippen LogP contribution in [0, 0.1) is 6.92 Å². The maximum absolute atomic E-state index is 13.6. The van der Waals surface area contributed by atoms with Crippen molar-refractivity contribution >= 4 is 40.8 Å². The van der Waals surface area contributed by atoms with Crippen LogP contribution in [0.2, 0.25) is 0 Å². The number of carbonyl (C=O) groups excluding carboxylic acids is 2. The van der Waals surface area contributed by atoms with E-state index in [2.05, 4.69) is 60.2 Å². The number of anilines is 1. The van der Waals surface area contributed by atoms with Gasteiger partial charge < -0.3 is 15.1 Å². The molecule has 0 fully saturated rings. The van der Waals surface area contributed by atoms with Crippen LogP contribution in [-0.4, -0.2) is 59.2 Å². The number of hydrogen-bond donors (Lipinski definition) is 1. The molecule has 3 aromatic rings. The van der Waals surface area contributed by atoms with Gasteiger partial charge in [-0.15, -0.1) is 12.4 Å². The van der Waals surface area contributed by atoms with Crippen molar-refractivity contribution in [2.75, 3.05) is 31.6 Å². The Balaban J connectivity index is 0.00000353. The lowest BCUT2D eigenvalue weighted by molar-refractivity contribution is -0.130. The topological polar surface area (TPSA) is 70.5 Å². The third-order valence-electron chi connectivity index (χ3n) is 8.27. The van der Waals surface area contributed by atoms with Crippen molar-refractivity contribution in [3.8, 4) is 0 Å². The summed E-state index contributed by atoms with van der Waals surface area (Å²) in [6.07, 6.45) is 8.33. The summed E-state index contributed by atoms with van der Waals surface area (Å²) in [5.74, 6) is -0.0151. The lowest BCUT2D eigenvalue weighted by Crippen LogP contribution is -2.47. The minimum atomic E-state index is -0.0477. The molecule has 0 spiro atoms. The number of nitrogens with one attached hydrogen (secondary N) is 1. The number of aryl methyl sites for hydroxylation is 3. The number of rotatable bonds is 10. The van der Waals surface area contributed by atoms with Gasteiger partial charge in [-0.2, -0.15) is 5.10 Å². The highest BCUT2D eigenvalue weighted by Crippen LogP contribution is 2.31. The fraction of sp³-hybridized carbons (Fsp3) is 0.516. The Labute approximate surface area is 238 Å². The van der Waals surface area contributed by atoms with E-state index in [0.29, 0.717) is 6.54 Å². The number of aromatic nitrogens is 2. The van der Waals surface area contributed by atoms with Crippen LogP contribution in [0.15, 0.2) is 36.4 Å². The van der Waals surface area contributed by atoms with Crippen molar-refractivity contribution in [1.82, 2.24) is 20.0 Å². The molecule has 1 aliphatic carbocycles. The van der Waals surface area contributed by atoms with E-state index in [1.54, 1.807) is 0 Å². The summed E-state index contributed by atoms with van der Waals surface area (Å²) < 4.78 is 2.14. The van der Waals surface area contributed by atoms with Gasteiger partial charge in [0.2, 0.25) is 11.8 Å². The van der Waals surface area contributed by atoms with Crippen LogP contribution in [-0.2, 0) is 35.4 Å². The van der Waals surface area contributed by atoms with Crippen molar-refractivity contribution in [3.05, 3.63) is 58.8 Å². The zero-order valence-corrected chi connectivity index (χ0v) is 24.4. The van der Waals surface area contributed by atoms with Gasteiger partial charge >= 0.3 is 0 Å². The number of likely N-dealkylation sites (N-methyl/N-ethyl adjacent to an activating group) is 1. The van der Waals surface area contributed by atoms with E-state index in [1.165, 1.54) is 28.6 Å². The van der Waals surface area contributed by atoms with Crippen molar-refractivity contribution in [2.45, 2.75) is 77.8 Å². The summed E-state index contributed by atoms with van der Waals surface area (Å²) in [5.41, 5.74) is 6.88. The highest BCUT2D eigenvalue weighted by atomic mass is 35.5. The molecule has 0 saturated heterocycles. The summed E-state index contributed by atoms with van der Waals surface area (Å²) in [5, 5.41) is 9.14. The van der Waals surface area contributed by atoms with Crippen LogP contribution in [0.3, 0.4) is 0 Å². The van der Waals surface area contributed by atoms with Gasteiger partial charge in [-0.25, -0.2) is 0 Å². The van der Waals surface area contributed by atoms with Crippen LogP contribution in [0.25, 0.3) is 10.9 Å². The fourth-order valence-electron chi connectivity index (χ4n) is 6.02. The number of benzene rings is 2. The first-order chi connectivity index (χ1) is 18.4. The van der Waals surface area contributed by atoms with E-state index in [1.807, 2.05) is 16.8 Å². The predicted molar refractivity (Wildman–Crippen MR) is 160 cm³/mol. The average molecular weight is 552 g/mol. The first kappa shape index (κ1) is 28.9. The molecule has 210 valence electrons. The molecule has 2 aromatic carbocycles. The second-order valence-electron chi connectivity index (χ2n) is 11.0. The van der Waals surface area contributed by atoms with Gasteiger partial charge in [0, 0.05) is 42.9 Å². The maximum Gasteiger partial charge on any atom is 0.242 e. The van der Waals surface area contributed by atoms with Gasteiger partial charge in [-0.1, -0.05) is 44.0 Å². The van der Waals surface area contributed by atoms with Gasteiger partial charge in [-0.3, -0.25) is 14.3 Å². The van der Waals surface area contributed by atoms with E-state index < -0.39 is 0 Å². The van der Waals surface area contributed by atoms with Crippen molar-refractivity contribution in [2.24, 2.45) is 0 Å². The lowest BCUT2D eigenvalue weighted by atomic mass is 10.0. The predicted octanol–water partition coefficient (Wildman–Crippen LogP) is 4.84. The first-order valence-corrected chi connectivity index (χ1v) is 14.3. The molecular weight excluding hydrogens is 510 g/mol. The van der Waals surface area contributed by atoms with E-state index in [0.717, 1.165) is 68.3 Å². The number of unbranched alkanes of at least 4 members (excludes halogenated alkanes) is 2. The molecule has 1 N–H and O–H groups in total. The normalized spacial score (nSPS) is 14.4. The molecule has 2 amide bonds. The molecule has 0 unspecified atom stereocenters. The van der Waals surface area contributed by atoms with Crippen LogP contribution < -0.4 is 10.2 Å². The second kappa shape index (κ2) is 12.9. The van der Waals surface area contributed by atoms with Crippen molar-refractivity contribution in [3.63, 3.8) is 0 Å². The molecule has 0 bridgehead atoms. The third kappa shape index (κ3) is 6.40. The Hall–Kier alpha value is -3.06. The molecule has 5 rings (SSSR count). The Morgan fingerprint density at radius 1 is 1.08 bits per heavy atom. The molecule has 1 aliphatic heterocycles. The number of carbonyl (C=O) groups is 2. The molecule has 7 nitrogen and oxygen atoms in total. The minimum Gasteiger partial charge on any atom is -0.355 e. The number of hydrogen-bond acceptors (Lipinski definition) is 4. The van der Waals surface area contributed by atoms with Gasteiger partial charge in [0.1, 0.15) is 0 Å². The average Bonchev–Trinajstić information content (AvgIpc) is 3.51. The second-order valence-corrected chi connectivity index (χ2v) is 11.0. The van der Waals surface area contributed by atoms with Crippen LogP contribution in [0.5, 0.6) is 0 Å². The highest BCUT2D eigenvalue weighted by Gasteiger charge is 2.29. The maximum atomic E-state index is 13.6. The molecule has 2 heterocycles. The van der Waals surface area contributed by atoms with E-state index in [4.69, 9.17) is 5.10 Å². The zero-order valence-electron chi connectivity index (χ0n) is 23.5. The van der Waals surface area contributed by atoms with Crippen molar-refractivity contribution in [1.29, 1.82) is 0 Å². The number of nitrogens with zero attached hydrogens (tertiary/aromatic N) is 4. The molecule has 39 heavy (non-hydrogen) atoms. The number of fused-ring (bicyclic) bond motifs is 4. The van der Waals surface area contributed by atoms with Gasteiger partial charge in [-0.05, 0) is 74.3 Å². The lowest BCUT2D eigenvalue weighted by Gasteiger charge is -2.30. The Kier molecular flexibility index (Phi) is 9.54. The van der Waals surface area contributed by atoms with Gasteiger partial charge in [0.05, 0.1) is 18.6 Å². The molecule has 1 aromatic heterocycles. The summed E-state index contributed by atoms with van der Waals surface area (Å²) in [6, 6.07) is 12.9. The van der Waals surface area contributed by atoms with Gasteiger partial charge in [0.25, 0.3) is 0 Å². The zero-order chi connectivity index (χ0) is 26.6. The Morgan fingerprint density at radius 3 is 2.54 bits per heavy atom. The van der Waals surface area contributed by atoms with E-state index in [-0.39, 0.29) is 43.4 Å². The largest absolute Gasteiger partial charge is 0.355 e. The minimum absolute atomic E-state index is 0. The summed E-state index contributed by atoms with van der Waals surface area (Å²) in [7, 11) is 1.90. The molecular formula is C31H42ClN5O2. The standard InChI is InChI=1S/C31H41N5O2.ClH/c1-4-5-9-14-32-30(37)20-35(21-31(38)34(3)25-17-23-11-6-7-12-24(23)18-25)29-19-27-26(16-22(29)2)28-13-8-10-15-36(28)33-27;/h6-7,11-12,16,19,25H,4-5,8-10,13-15,17-18,20-21H2,1-3H3,(H,32,37);1H. The first-order valence-electron chi connectivity index (χ1n) is 14.3.